The van der Waals surface area contributed by atoms with Crippen LogP contribution in [0.15, 0.2) is 48.7 Å². The molecule has 0 radical (unpaired) electrons. The van der Waals surface area contributed by atoms with Crippen LogP contribution < -0.4 is 4.74 Å². The first-order valence-electron chi connectivity index (χ1n) is 7.93. The number of hydrogen-bond acceptors (Lipinski definition) is 3. The van der Waals surface area contributed by atoms with Crippen molar-refractivity contribution in [2.75, 3.05) is 20.2 Å². The molecule has 4 heteroatoms. The van der Waals surface area contributed by atoms with Crippen LogP contribution in [0.5, 0.6) is 5.75 Å². The van der Waals surface area contributed by atoms with Crippen LogP contribution >= 0.6 is 0 Å². The van der Waals surface area contributed by atoms with Crippen LogP contribution in [0.4, 0.5) is 0 Å². The van der Waals surface area contributed by atoms with Gasteiger partial charge in [0.05, 0.1) is 0 Å². The van der Waals surface area contributed by atoms with Gasteiger partial charge in [0.15, 0.2) is 6.61 Å². The van der Waals surface area contributed by atoms with Crippen molar-refractivity contribution in [2.24, 2.45) is 0 Å². The Morgan fingerprint density at radius 3 is 2.52 bits per heavy atom. The molecule has 2 rings (SSSR count). The smallest absolute Gasteiger partial charge is 0.260 e. The molecule has 0 aliphatic carbocycles. The molecular formula is C19H24N2O2. The molecule has 4 nitrogen and oxygen atoms in total. The van der Waals surface area contributed by atoms with Gasteiger partial charge in [-0.3, -0.25) is 9.78 Å². The van der Waals surface area contributed by atoms with Gasteiger partial charge in [0.1, 0.15) is 5.75 Å². The van der Waals surface area contributed by atoms with Crippen LogP contribution in [0.25, 0.3) is 0 Å². The monoisotopic (exact) mass is 312 g/mol. The second-order valence-electron chi connectivity index (χ2n) is 5.90. The molecule has 1 heterocycles. The summed E-state index contributed by atoms with van der Waals surface area (Å²) in [6.07, 6.45) is 2.51. The van der Waals surface area contributed by atoms with Gasteiger partial charge >= 0.3 is 0 Å². The van der Waals surface area contributed by atoms with Gasteiger partial charge in [-0.15, -0.1) is 0 Å². The lowest BCUT2D eigenvalue weighted by Crippen LogP contribution is -2.33. The Morgan fingerprint density at radius 2 is 1.91 bits per heavy atom. The number of carbonyl (C=O) groups excluding carboxylic acids is 1. The molecule has 2 aromatic rings. The molecule has 122 valence electrons. The van der Waals surface area contributed by atoms with Crippen LogP contribution in [0.2, 0.25) is 0 Å². The van der Waals surface area contributed by atoms with Gasteiger partial charge in [0.2, 0.25) is 0 Å². The normalized spacial score (nSPS) is 10.6. The average Bonchev–Trinajstić information content (AvgIpc) is 2.58. The summed E-state index contributed by atoms with van der Waals surface area (Å²) in [5.74, 6) is 1.18. The van der Waals surface area contributed by atoms with E-state index in [0.29, 0.717) is 12.5 Å². The molecule has 0 aliphatic rings. The molecular weight excluding hydrogens is 288 g/mol. The Morgan fingerprint density at radius 1 is 1.17 bits per heavy atom. The van der Waals surface area contributed by atoms with Crippen molar-refractivity contribution in [1.29, 1.82) is 0 Å². The number of likely N-dealkylation sites (N-methyl/N-ethyl adjacent to an activating group) is 1. The summed E-state index contributed by atoms with van der Waals surface area (Å²) in [5, 5.41) is 0. The number of ether oxygens (including phenoxy) is 1. The largest absolute Gasteiger partial charge is 0.484 e. The third-order valence-corrected chi connectivity index (χ3v) is 3.76. The van der Waals surface area contributed by atoms with Gasteiger partial charge in [-0.05, 0) is 35.7 Å². The lowest BCUT2D eigenvalue weighted by Gasteiger charge is -2.17. The number of amides is 1. The molecule has 0 saturated heterocycles. The first kappa shape index (κ1) is 17.0. The second kappa shape index (κ2) is 8.32. The van der Waals surface area contributed by atoms with Gasteiger partial charge in [-0.1, -0.05) is 32.0 Å². The zero-order valence-corrected chi connectivity index (χ0v) is 14.0. The molecule has 1 aromatic carbocycles. The summed E-state index contributed by atoms with van der Waals surface area (Å²) < 4.78 is 5.57. The topological polar surface area (TPSA) is 42.4 Å². The van der Waals surface area contributed by atoms with E-state index in [0.717, 1.165) is 17.9 Å². The van der Waals surface area contributed by atoms with E-state index in [1.807, 2.05) is 42.5 Å². The standard InChI is InChI=1S/C19H24N2O2/c1-15(2)16-7-9-18(10-8-16)23-14-19(22)21(3)13-11-17-6-4-5-12-20-17/h4-10,12,15H,11,13-14H2,1-3H3. The second-order valence-corrected chi connectivity index (χ2v) is 5.90. The van der Waals surface area contributed by atoms with E-state index in [-0.39, 0.29) is 12.5 Å². The molecule has 0 saturated carbocycles. The Hall–Kier alpha value is -2.36. The summed E-state index contributed by atoms with van der Waals surface area (Å²) in [7, 11) is 1.79. The van der Waals surface area contributed by atoms with E-state index in [9.17, 15) is 4.79 Å². The fourth-order valence-electron chi connectivity index (χ4n) is 2.16. The van der Waals surface area contributed by atoms with Crippen LogP contribution in [-0.4, -0.2) is 36.0 Å². The highest BCUT2D eigenvalue weighted by Crippen LogP contribution is 2.18. The lowest BCUT2D eigenvalue weighted by molar-refractivity contribution is -0.132. The predicted octanol–water partition coefficient (Wildman–Crippen LogP) is 3.28. The summed E-state index contributed by atoms with van der Waals surface area (Å²) in [5.41, 5.74) is 2.24. The number of benzene rings is 1. The minimum Gasteiger partial charge on any atom is -0.484 e. The van der Waals surface area contributed by atoms with Crippen molar-refractivity contribution in [3.8, 4) is 5.75 Å². The van der Waals surface area contributed by atoms with Crippen molar-refractivity contribution in [3.05, 3.63) is 59.9 Å². The molecule has 1 aromatic heterocycles. The fourth-order valence-corrected chi connectivity index (χ4v) is 2.16. The van der Waals surface area contributed by atoms with E-state index in [4.69, 9.17) is 4.74 Å². The molecule has 0 bridgehead atoms. The quantitative estimate of drug-likeness (QED) is 0.788. The summed E-state index contributed by atoms with van der Waals surface area (Å²) in [4.78, 5) is 18.0. The van der Waals surface area contributed by atoms with Gasteiger partial charge in [0.25, 0.3) is 5.91 Å². The number of carbonyl (C=O) groups is 1. The molecule has 23 heavy (non-hydrogen) atoms. The molecule has 0 atom stereocenters. The van der Waals surface area contributed by atoms with E-state index in [2.05, 4.69) is 18.8 Å². The maximum absolute atomic E-state index is 12.1. The minimum atomic E-state index is -0.0335. The van der Waals surface area contributed by atoms with Crippen LogP contribution in [0.1, 0.15) is 31.0 Å². The number of nitrogens with zero attached hydrogens (tertiary/aromatic N) is 2. The van der Waals surface area contributed by atoms with Gasteiger partial charge in [0, 0.05) is 31.9 Å². The molecule has 0 spiro atoms. The fraction of sp³-hybridized carbons (Fsp3) is 0.368. The molecule has 0 fully saturated rings. The minimum absolute atomic E-state index is 0.0335. The van der Waals surface area contributed by atoms with Crippen LogP contribution in [0.3, 0.4) is 0 Å². The average molecular weight is 312 g/mol. The predicted molar refractivity (Wildman–Crippen MR) is 91.6 cm³/mol. The van der Waals surface area contributed by atoms with Gasteiger partial charge < -0.3 is 9.64 Å². The highest BCUT2D eigenvalue weighted by Gasteiger charge is 2.10. The zero-order valence-electron chi connectivity index (χ0n) is 14.0. The summed E-state index contributed by atoms with van der Waals surface area (Å²) in [6.45, 7) is 4.98. The first-order valence-corrected chi connectivity index (χ1v) is 7.93. The first-order chi connectivity index (χ1) is 11.1. The Labute approximate surface area is 138 Å². The van der Waals surface area contributed by atoms with Crippen molar-refractivity contribution in [1.82, 2.24) is 9.88 Å². The van der Waals surface area contributed by atoms with Crippen molar-refractivity contribution in [2.45, 2.75) is 26.2 Å². The maximum atomic E-state index is 12.1. The molecule has 0 N–H and O–H groups in total. The number of aromatic nitrogens is 1. The van der Waals surface area contributed by atoms with Crippen LogP contribution in [0, 0.1) is 0 Å². The van der Waals surface area contributed by atoms with Crippen molar-refractivity contribution < 1.29 is 9.53 Å². The van der Waals surface area contributed by atoms with Crippen LogP contribution in [-0.2, 0) is 11.2 Å². The van der Waals surface area contributed by atoms with Gasteiger partial charge in [-0.25, -0.2) is 0 Å². The number of rotatable bonds is 7. The van der Waals surface area contributed by atoms with E-state index in [1.165, 1.54) is 5.56 Å². The maximum Gasteiger partial charge on any atom is 0.260 e. The number of pyridine rings is 1. The molecule has 1 amide bonds. The Balaban J connectivity index is 1.77. The third-order valence-electron chi connectivity index (χ3n) is 3.76. The summed E-state index contributed by atoms with van der Waals surface area (Å²) >= 11 is 0. The zero-order chi connectivity index (χ0) is 16.7. The Bertz CT molecular complexity index is 609. The van der Waals surface area contributed by atoms with E-state index in [1.54, 1.807) is 18.1 Å². The SMILES string of the molecule is CC(C)c1ccc(OCC(=O)N(C)CCc2ccccn2)cc1. The van der Waals surface area contributed by atoms with Crippen molar-refractivity contribution >= 4 is 5.91 Å². The van der Waals surface area contributed by atoms with Crippen molar-refractivity contribution in [3.63, 3.8) is 0 Å². The lowest BCUT2D eigenvalue weighted by atomic mass is 10.0. The number of hydrogen-bond donors (Lipinski definition) is 0. The van der Waals surface area contributed by atoms with Gasteiger partial charge in [-0.2, -0.15) is 0 Å². The van der Waals surface area contributed by atoms with E-state index < -0.39 is 0 Å². The highest BCUT2D eigenvalue weighted by molar-refractivity contribution is 5.77. The molecule has 0 unspecified atom stereocenters. The summed E-state index contributed by atoms with van der Waals surface area (Å²) in [6, 6.07) is 13.7. The Kier molecular flexibility index (Phi) is 6.15. The van der Waals surface area contributed by atoms with E-state index >= 15 is 0 Å². The highest BCUT2D eigenvalue weighted by atomic mass is 16.5. The molecule has 0 aliphatic heterocycles. The third kappa shape index (κ3) is 5.40.